The Hall–Kier alpha value is -2.90. The number of hydrogen-bond acceptors (Lipinski definition) is 5. The highest BCUT2D eigenvalue weighted by molar-refractivity contribution is 8.00. The first-order chi connectivity index (χ1) is 13.6. The molecule has 4 rings (SSSR count). The third-order valence-electron chi connectivity index (χ3n) is 4.18. The number of carbonyl (C=O) groups is 1. The first-order valence-electron chi connectivity index (χ1n) is 8.61. The molecule has 1 amide bonds. The summed E-state index contributed by atoms with van der Waals surface area (Å²) in [5.41, 5.74) is 1.53. The SMILES string of the molecule is C[C@H](Sc1nnnn1-c1ccc(Cl)cc1)C(=O)Nc1ccc2ccccc2c1. The highest BCUT2D eigenvalue weighted by Gasteiger charge is 2.19. The number of anilines is 1. The lowest BCUT2D eigenvalue weighted by molar-refractivity contribution is -0.115. The van der Waals surface area contributed by atoms with Gasteiger partial charge in [0.2, 0.25) is 11.1 Å². The summed E-state index contributed by atoms with van der Waals surface area (Å²) >= 11 is 7.22. The minimum atomic E-state index is -0.386. The fraction of sp³-hybridized carbons (Fsp3) is 0.100. The van der Waals surface area contributed by atoms with Gasteiger partial charge in [-0.15, -0.1) is 5.10 Å². The van der Waals surface area contributed by atoms with E-state index in [9.17, 15) is 4.79 Å². The molecule has 0 aliphatic rings. The molecule has 1 aromatic heterocycles. The number of benzene rings is 3. The van der Waals surface area contributed by atoms with Gasteiger partial charge in [0.15, 0.2) is 0 Å². The summed E-state index contributed by atoms with van der Waals surface area (Å²) in [4.78, 5) is 12.6. The number of amides is 1. The lowest BCUT2D eigenvalue weighted by Gasteiger charge is -2.12. The highest BCUT2D eigenvalue weighted by atomic mass is 35.5. The molecule has 4 aromatic rings. The average Bonchev–Trinajstić information content (AvgIpc) is 3.16. The predicted molar refractivity (Wildman–Crippen MR) is 112 cm³/mol. The molecule has 140 valence electrons. The van der Waals surface area contributed by atoms with Crippen LogP contribution in [0.5, 0.6) is 0 Å². The Balaban J connectivity index is 1.47. The number of fused-ring (bicyclic) bond motifs is 1. The first-order valence-corrected chi connectivity index (χ1v) is 9.86. The van der Waals surface area contributed by atoms with Crippen molar-refractivity contribution in [1.82, 2.24) is 20.2 Å². The molecular formula is C20H16ClN5OS. The summed E-state index contributed by atoms with van der Waals surface area (Å²) < 4.78 is 1.58. The van der Waals surface area contributed by atoms with Crippen molar-refractivity contribution >= 4 is 45.7 Å². The van der Waals surface area contributed by atoms with Gasteiger partial charge in [-0.3, -0.25) is 4.79 Å². The molecule has 0 saturated heterocycles. The highest BCUT2D eigenvalue weighted by Crippen LogP contribution is 2.25. The van der Waals surface area contributed by atoms with Crippen LogP contribution >= 0.6 is 23.4 Å². The van der Waals surface area contributed by atoms with Crippen molar-refractivity contribution < 1.29 is 4.79 Å². The molecule has 3 aromatic carbocycles. The smallest absolute Gasteiger partial charge is 0.237 e. The van der Waals surface area contributed by atoms with Crippen molar-refractivity contribution in [2.75, 3.05) is 5.32 Å². The molecule has 6 nitrogen and oxygen atoms in total. The fourth-order valence-corrected chi connectivity index (χ4v) is 3.65. The van der Waals surface area contributed by atoms with Crippen LogP contribution in [0, 0.1) is 0 Å². The Morgan fingerprint density at radius 1 is 1.07 bits per heavy atom. The van der Waals surface area contributed by atoms with E-state index in [1.165, 1.54) is 11.8 Å². The van der Waals surface area contributed by atoms with E-state index in [2.05, 4.69) is 20.8 Å². The number of nitrogens with zero attached hydrogens (tertiary/aromatic N) is 4. The van der Waals surface area contributed by atoms with Crippen molar-refractivity contribution in [1.29, 1.82) is 0 Å². The maximum atomic E-state index is 12.6. The molecule has 0 aliphatic carbocycles. The van der Waals surface area contributed by atoms with Gasteiger partial charge in [0.1, 0.15) is 0 Å². The van der Waals surface area contributed by atoms with Gasteiger partial charge in [0.05, 0.1) is 10.9 Å². The third-order valence-corrected chi connectivity index (χ3v) is 5.47. The van der Waals surface area contributed by atoms with E-state index in [0.717, 1.165) is 22.1 Å². The van der Waals surface area contributed by atoms with Crippen LogP contribution in [0.15, 0.2) is 71.9 Å². The third kappa shape index (κ3) is 4.00. The summed E-state index contributed by atoms with van der Waals surface area (Å²) in [6.45, 7) is 1.82. The van der Waals surface area contributed by atoms with Crippen LogP contribution in [0.2, 0.25) is 5.02 Å². The summed E-state index contributed by atoms with van der Waals surface area (Å²) in [5, 5.41) is 17.7. The van der Waals surface area contributed by atoms with Crippen LogP contribution in [0.4, 0.5) is 5.69 Å². The Kier molecular flexibility index (Phi) is 5.27. The number of nitrogens with one attached hydrogen (secondary N) is 1. The topological polar surface area (TPSA) is 72.7 Å². The van der Waals surface area contributed by atoms with Gasteiger partial charge in [-0.2, -0.15) is 4.68 Å². The maximum absolute atomic E-state index is 12.6. The zero-order valence-corrected chi connectivity index (χ0v) is 16.5. The molecule has 0 aliphatic heterocycles. The number of aromatic nitrogens is 4. The molecule has 0 fully saturated rings. The number of hydrogen-bond donors (Lipinski definition) is 1. The lowest BCUT2D eigenvalue weighted by atomic mass is 10.1. The monoisotopic (exact) mass is 409 g/mol. The second kappa shape index (κ2) is 8.00. The van der Waals surface area contributed by atoms with Gasteiger partial charge in [0.25, 0.3) is 0 Å². The van der Waals surface area contributed by atoms with Crippen molar-refractivity contribution in [2.45, 2.75) is 17.3 Å². The van der Waals surface area contributed by atoms with Gasteiger partial charge in [-0.05, 0) is 64.5 Å². The molecule has 0 unspecified atom stereocenters. The number of tetrazole rings is 1. The fourth-order valence-electron chi connectivity index (χ4n) is 2.72. The molecule has 0 spiro atoms. The van der Waals surface area contributed by atoms with Crippen LogP contribution < -0.4 is 5.32 Å². The number of thioether (sulfide) groups is 1. The van der Waals surface area contributed by atoms with Gasteiger partial charge in [0, 0.05) is 10.7 Å². The molecule has 28 heavy (non-hydrogen) atoms. The van der Waals surface area contributed by atoms with Crippen LogP contribution in [0.25, 0.3) is 16.5 Å². The van der Waals surface area contributed by atoms with Crippen molar-refractivity contribution in [3.05, 3.63) is 71.8 Å². The molecule has 1 heterocycles. The van der Waals surface area contributed by atoms with Crippen molar-refractivity contribution in [3.8, 4) is 5.69 Å². The molecular weight excluding hydrogens is 394 g/mol. The van der Waals surface area contributed by atoms with E-state index in [1.807, 2.05) is 61.5 Å². The molecule has 1 N–H and O–H groups in total. The normalized spacial score (nSPS) is 12.1. The summed E-state index contributed by atoms with van der Waals surface area (Å²) in [5.74, 6) is -0.120. The Morgan fingerprint density at radius 2 is 1.82 bits per heavy atom. The minimum absolute atomic E-state index is 0.120. The van der Waals surface area contributed by atoms with Crippen molar-refractivity contribution in [2.24, 2.45) is 0 Å². The molecule has 0 radical (unpaired) electrons. The lowest BCUT2D eigenvalue weighted by Crippen LogP contribution is -2.22. The van der Waals surface area contributed by atoms with Crippen LogP contribution in [0.1, 0.15) is 6.92 Å². The minimum Gasteiger partial charge on any atom is -0.325 e. The van der Waals surface area contributed by atoms with Crippen LogP contribution in [0.3, 0.4) is 0 Å². The van der Waals surface area contributed by atoms with E-state index in [0.29, 0.717) is 10.2 Å². The summed E-state index contributed by atoms with van der Waals surface area (Å²) in [6.07, 6.45) is 0. The number of rotatable bonds is 5. The Bertz CT molecular complexity index is 1130. The summed E-state index contributed by atoms with van der Waals surface area (Å²) in [6, 6.07) is 21.0. The molecule has 8 heteroatoms. The van der Waals surface area contributed by atoms with E-state index >= 15 is 0 Å². The second-order valence-corrected chi connectivity index (χ2v) is 7.91. The Morgan fingerprint density at radius 3 is 2.61 bits per heavy atom. The molecule has 1 atom stereocenters. The van der Waals surface area contributed by atoms with Gasteiger partial charge < -0.3 is 5.32 Å². The van der Waals surface area contributed by atoms with Crippen LogP contribution in [-0.2, 0) is 4.79 Å². The largest absolute Gasteiger partial charge is 0.325 e. The standard InChI is InChI=1S/C20H16ClN5OS/c1-13(19(27)22-17-9-6-14-4-2-3-5-15(14)12-17)28-20-23-24-25-26(20)18-10-7-16(21)8-11-18/h2-13H,1H3,(H,22,27)/t13-/m0/s1. The predicted octanol–water partition coefficient (Wildman–Crippen LogP) is 4.59. The maximum Gasteiger partial charge on any atom is 0.237 e. The molecule has 0 bridgehead atoms. The van der Waals surface area contributed by atoms with E-state index < -0.39 is 0 Å². The number of carbonyl (C=O) groups excluding carboxylic acids is 1. The average molecular weight is 410 g/mol. The van der Waals surface area contributed by atoms with E-state index in [4.69, 9.17) is 11.6 Å². The summed E-state index contributed by atoms with van der Waals surface area (Å²) in [7, 11) is 0. The van der Waals surface area contributed by atoms with Crippen molar-refractivity contribution in [3.63, 3.8) is 0 Å². The zero-order chi connectivity index (χ0) is 19.5. The van der Waals surface area contributed by atoms with Crippen LogP contribution in [-0.4, -0.2) is 31.4 Å². The Labute approximate surface area is 170 Å². The van der Waals surface area contributed by atoms with E-state index in [-0.39, 0.29) is 11.2 Å². The van der Waals surface area contributed by atoms with Gasteiger partial charge >= 0.3 is 0 Å². The molecule has 0 saturated carbocycles. The number of halogens is 1. The zero-order valence-electron chi connectivity index (χ0n) is 14.9. The van der Waals surface area contributed by atoms with E-state index in [1.54, 1.807) is 16.8 Å². The van der Waals surface area contributed by atoms with Gasteiger partial charge in [-0.25, -0.2) is 0 Å². The second-order valence-electron chi connectivity index (χ2n) is 6.16. The quantitative estimate of drug-likeness (QED) is 0.488. The van der Waals surface area contributed by atoms with Gasteiger partial charge in [-0.1, -0.05) is 53.7 Å². The first kappa shape index (κ1) is 18.5.